The predicted molar refractivity (Wildman–Crippen MR) is 125 cm³/mol. The Morgan fingerprint density at radius 3 is 2.59 bits per heavy atom. The van der Waals surface area contributed by atoms with Gasteiger partial charge in [0.05, 0.1) is 6.54 Å². The van der Waals surface area contributed by atoms with E-state index in [1.807, 2.05) is 30.3 Å². The Morgan fingerprint density at radius 1 is 1.15 bits per heavy atom. The summed E-state index contributed by atoms with van der Waals surface area (Å²) in [6.07, 6.45) is 3.73. The van der Waals surface area contributed by atoms with Crippen LogP contribution in [-0.4, -0.2) is 83.4 Å². The van der Waals surface area contributed by atoms with Gasteiger partial charge in [-0.25, -0.2) is 9.59 Å². The maximum Gasteiger partial charge on any atom is 0.410 e. The number of carbonyl (C=O) groups excluding carboxylic acids is 3. The fourth-order valence-corrected chi connectivity index (χ4v) is 5.00. The molecule has 0 radical (unpaired) electrons. The van der Waals surface area contributed by atoms with Crippen molar-refractivity contribution < 1.29 is 19.1 Å². The van der Waals surface area contributed by atoms with Crippen molar-refractivity contribution >= 4 is 23.7 Å². The minimum Gasteiger partial charge on any atom is -0.445 e. The second-order valence-corrected chi connectivity index (χ2v) is 9.62. The van der Waals surface area contributed by atoms with Gasteiger partial charge in [0.1, 0.15) is 18.8 Å². The van der Waals surface area contributed by atoms with Crippen LogP contribution in [0.1, 0.15) is 37.7 Å². The summed E-state index contributed by atoms with van der Waals surface area (Å²) in [6.45, 7) is 1.57. The van der Waals surface area contributed by atoms with Crippen molar-refractivity contribution in [3.63, 3.8) is 0 Å². The summed E-state index contributed by atoms with van der Waals surface area (Å²) < 4.78 is 5.45. The number of nitrogens with zero attached hydrogens (tertiary/aromatic N) is 4. The number of ether oxygens (including phenoxy) is 1. The van der Waals surface area contributed by atoms with E-state index in [9.17, 15) is 14.4 Å². The molecule has 4 aliphatic rings. The molecule has 1 unspecified atom stereocenters. The molecule has 0 bridgehead atoms. The van der Waals surface area contributed by atoms with E-state index in [1.165, 1.54) is 12.8 Å². The molecule has 3 aliphatic heterocycles. The molecule has 2 saturated heterocycles. The fourth-order valence-electron chi connectivity index (χ4n) is 5.00. The molecule has 1 aliphatic carbocycles. The Labute approximate surface area is 199 Å². The topological polar surface area (TPSA) is 107 Å². The lowest BCUT2D eigenvalue weighted by Crippen LogP contribution is -2.56. The molecule has 2 N–H and O–H groups in total. The number of amides is 4. The Bertz CT molecular complexity index is 957. The minimum atomic E-state index is -0.550. The summed E-state index contributed by atoms with van der Waals surface area (Å²) in [5.41, 5.74) is 5.10. The molecule has 1 aromatic carbocycles. The number of piperidine rings is 1. The third kappa shape index (κ3) is 4.80. The summed E-state index contributed by atoms with van der Waals surface area (Å²) in [5, 5.41) is 7.40. The summed E-state index contributed by atoms with van der Waals surface area (Å²) in [6, 6.07) is 8.79. The van der Waals surface area contributed by atoms with Gasteiger partial charge in [-0.2, -0.15) is 5.10 Å². The van der Waals surface area contributed by atoms with Gasteiger partial charge in [0.25, 0.3) is 0 Å². The van der Waals surface area contributed by atoms with Crippen molar-refractivity contribution in [2.75, 3.05) is 26.7 Å². The molecule has 10 heteroatoms. The molecule has 5 rings (SSSR count). The fraction of sp³-hybridized carbons (Fsp3) is 0.583. The van der Waals surface area contributed by atoms with Gasteiger partial charge >= 0.3 is 12.1 Å². The lowest BCUT2D eigenvalue weighted by molar-refractivity contribution is -0.126. The quantitative estimate of drug-likeness (QED) is 0.661. The molecule has 1 aromatic rings. The number of benzene rings is 1. The van der Waals surface area contributed by atoms with Crippen molar-refractivity contribution in [2.24, 2.45) is 11.0 Å². The van der Waals surface area contributed by atoms with Crippen LogP contribution in [0.25, 0.3) is 0 Å². The highest BCUT2D eigenvalue weighted by Gasteiger charge is 2.45. The highest BCUT2D eigenvalue weighted by molar-refractivity contribution is 5.93. The number of likely N-dealkylation sites (N-methyl/N-ethyl adjacent to an activating group) is 1. The number of urea groups is 1. The molecule has 3 heterocycles. The molecule has 182 valence electrons. The van der Waals surface area contributed by atoms with Gasteiger partial charge in [-0.15, -0.1) is 0 Å². The number of hydrogen-bond acceptors (Lipinski definition) is 6. The van der Waals surface area contributed by atoms with Crippen LogP contribution in [0.5, 0.6) is 0 Å². The highest BCUT2D eigenvalue weighted by Crippen LogP contribution is 2.33. The summed E-state index contributed by atoms with van der Waals surface area (Å²) in [4.78, 5) is 43.5. The molecule has 10 nitrogen and oxygen atoms in total. The van der Waals surface area contributed by atoms with Gasteiger partial charge in [0, 0.05) is 38.3 Å². The van der Waals surface area contributed by atoms with Crippen molar-refractivity contribution in [2.45, 2.75) is 57.0 Å². The van der Waals surface area contributed by atoms with E-state index in [2.05, 4.69) is 15.8 Å². The Kier molecular flexibility index (Phi) is 6.30. The molecule has 1 saturated carbocycles. The van der Waals surface area contributed by atoms with Crippen LogP contribution in [0.3, 0.4) is 0 Å². The van der Waals surface area contributed by atoms with Crippen molar-refractivity contribution in [1.82, 2.24) is 25.4 Å². The van der Waals surface area contributed by atoms with Gasteiger partial charge in [-0.05, 0) is 37.2 Å². The molecule has 34 heavy (non-hydrogen) atoms. The van der Waals surface area contributed by atoms with E-state index in [0.717, 1.165) is 17.7 Å². The molecular formula is C24H32N6O4. The maximum atomic E-state index is 13.1. The maximum absolute atomic E-state index is 13.1. The second kappa shape index (κ2) is 9.52. The van der Waals surface area contributed by atoms with Crippen molar-refractivity contribution in [1.29, 1.82) is 0 Å². The van der Waals surface area contributed by atoms with E-state index in [0.29, 0.717) is 38.4 Å². The monoisotopic (exact) mass is 468 g/mol. The molecule has 0 spiro atoms. The Balaban J connectivity index is 1.13. The number of likely N-dealkylation sites (tertiary alicyclic amines) is 1. The first kappa shape index (κ1) is 22.5. The van der Waals surface area contributed by atoms with Crippen LogP contribution in [-0.2, 0) is 16.1 Å². The number of rotatable bonds is 6. The van der Waals surface area contributed by atoms with E-state index in [1.54, 1.807) is 21.7 Å². The first-order valence-electron chi connectivity index (χ1n) is 12.1. The molecule has 0 aromatic heterocycles. The number of hydrogen-bond donors (Lipinski definition) is 2. The molecule has 2 atom stereocenters. The lowest BCUT2D eigenvalue weighted by Gasteiger charge is -2.38. The van der Waals surface area contributed by atoms with E-state index in [-0.39, 0.29) is 36.8 Å². The van der Waals surface area contributed by atoms with Crippen LogP contribution >= 0.6 is 0 Å². The van der Waals surface area contributed by atoms with Crippen LogP contribution < -0.4 is 10.7 Å². The average molecular weight is 469 g/mol. The van der Waals surface area contributed by atoms with Gasteiger partial charge in [-0.3, -0.25) is 10.2 Å². The average Bonchev–Trinajstić information content (AvgIpc) is 3.53. The highest BCUT2D eigenvalue weighted by atomic mass is 16.6. The van der Waals surface area contributed by atoms with Crippen LogP contribution in [0.4, 0.5) is 9.59 Å². The normalized spacial score (nSPS) is 25.3. The first-order chi connectivity index (χ1) is 16.5. The molecular weight excluding hydrogens is 436 g/mol. The zero-order valence-corrected chi connectivity index (χ0v) is 19.5. The third-order valence-corrected chi connectivity index (χ3v) is 7.10. The molecule has 4 amide bonds. The first-order valence-corrected chi connectivity index (χ1v) is 12.1. The number of hydrazone groups is 1. The van der Waals surface area contributed by atoms with Crippen LogP contribution in [0.2, 0.25) is 0 Å². The second-order valence-electron chi connectivity index (χ2n) is 9.62. The minimum absolute atomic E-state index is 0.0961. The van der Waals surface area contributed by atoms with Crippen molar-refractivity contribution in [3.8, 4) is 0 Å². The zero-order chi connectivity index (χ0) is 23.7. The SMILES string of the molecule is CN1C[C@H](C(=O)NC2CC(C3CC3)=NN2)N(C2CCN(C(=O)OCc3ccccc3)CC2)C1=O. The van der Waals surface area contributed by atoms with E-state index < -0.39 is 6.04 Å². The molecule has 3 fully saturated rings. The zero-order valence-electron chi connectivity index (χ0n) is 19.5. The summed E-state index contributed by atoms with van der Waals surface area (Å²) >= 11 is 0. The Hall–Kier alpha value is -3.30. The van der Waals surface area contributed by atoms with E-state index >= 15 is 0 Å². The lowest BCUT2D eigenvalue weighted by atomic mass is 10.0. The predicted octanol–water partition coefficient (Wildman–Crippen LogP) is 1.73. The van der Waals surface area contributed by atoms with Crippen molar-refractivity contribution in [3.05, 3.63) is 35.9 Å². The van der Waals surface area contributed by atoms with Gasteiger partial charge in [0.15, 0.2) is 0 Å². The summed E-state index contributed by atoms with van der Waals surface area (Å²) in [7, 11) is 1.72. The van der Waals surface area contributed by atoms with Gasteiger partial charge in [-0.1, -0.05) is 30.3 Å². The van der Waals surface area contributed by atoms with E-state index in [4.69, 9.17) is 4.74 Å². The largest absolute Gasteiger partial charge is 0.445 e. The van der Waals surface area contributed by atoms with Gasteiger partial charge in [0.2, 0.25) is 5.91 Å². The number of carbonyl (C=O) groups is 3. The van der Waals surface area contributed by atoms with Crippen LogP contribution in [0.15, 0.2) is 35.4 Å². The van der Waals surface area contributed by atoms with Crippen LogP contribution in [0, 0.1) is 5.92 Å². The summed E-state index contributed by atoms with van der Waals surface area (Å²) in [5.74, 6) is 0.404. The third-order valence-electron chi connectivity index (χ3n) is 7.10. The number of nitrogens with one attached hydrogen (secondary N) is 2. The van der Waals surface area contributed by atoms with Gasteiger partial charge < -0.3 is 24.8 Å². The Morgan fingerprint density at radius 2 is 1.88 bits per heavy atom. The smallest absolute Gasteiger partial charge is 0.410 e. The standard InChI is InChI=1S/C24H32N6O4/c1-28-14-20(22(31)25-21-13-19(26-27-21)17-7-8-17)30(23(28)32)18-9-11-29(12-10-18)24(33)34-15-16-5-3-2-4-6-16/h2-6,17-18,20-21,27H,7-15H2,1H3,(H,25,31)/t20-,21?/m1/s1.